The number of halogens is 2. The molecule has 1 amide bonds. The van der Waals surface area contributed by atoms with Gasteiger partial charge in [-0.15, -0.1) is 0 Å². The van der Waals surface area contributed by atoms with Crippen molar-refractivity contribution in [2.75, 3.05) is 6.61 Å². The Hall–Kier alpha value is -2.28. The molecule has 1 aromatic heterocycles. The molecule has 0 saturated carbocycles. The van der Waals surface area contributed by atoms with Gasteiger partial charge in [-0.3, -0.25) is 9.63 Å². The molecule has 1 aliphatic heterocycles. The number of aromatic nitrogens is 1. The number of pyridine rings is 1. The van der Waals surface area contributed by atoms with Gasteiger partial charge in [-0.05, 0) is 43.3 Å². The molecule has 0 spiro atoms. The van der Waals surface area contributed by atoms with E-state index in [0.717, 1.165) is 5.06 Å². The third-order valence-corrected chi connectivity index (χ3v) is 3.72. The first-order valence-electron chi connectivity index (χ1n) is 7.41. The second kappa shape index (κ2) is 7.74. The van der Waals surface area contributed by atoms with Crippen LogP contribution in [0.2, 0.25) is 10.0 Å². The molecule has 130 valence electrons. The Morgan fingerprint density at radius 2 is 2.00 bits per heavy atom. The second-order valence-electron chi connectivity index (χ2n) is 5.12. The molecule has 3 rings (SSSR count). The molecule has 0 aliphatic carbocycles. The quantitative estimate of drug-likeness (QED) is 0.776. The van der Waals surface area contributed by atoms with Gasteiger partial charge in [-0.25, -0.2) is 4.98 Å². The highest BCUT2D eigenvalue weighted by Crippen LogP contribution is 2.30. The smallest absolute Gasteiger partial charge is 0.291 e. The van der Waals surface area contributed by atoms with Crippen molar-refractivity contribution in [1.82, 2.24) is 10.0 Å². The van der Waals surface area contributed by atoms with Crippen LogP contribution in [-0.2, 0) is 9.63 Å². The fourth-order valence-corrected chi connectivity index (χ4v) is 2.47. The Morgan fingerprint density at radius 1 is 1.28 bits per heavy atom. The number of hydroxylamine groups is 2. The molecule has 1 aliphatic rings. The van der Waals surface area contributed by atoms with Crippen LogP contribution in [0, 0.1) is 0 Å². The lowest BCUT2D eigenvalue weighted by atomic mass is 10.3. The zero-order valence-electron chi connectivity index (χ0n) is 13.2. The molecular formula is C17H14Cl2N2O4. The monoisotopic (exact) mass is 380 g/mol. The minimum Gasteiger partial charge on any atom is -0.481 e. The van der Waals surface area contributed by atoms with E-state index in [4.69, 9.17) is 37.5 Å². The van der Waals surface area contributed by atoms with Crippen molar-refractivity contribution < 1.29 is 19.1 Å². The maximum absolute atomic E-state index is 12.1. The Labute approximate surface area is 154 Å². The Balaban J connectivity index is 1.61. The van der Waals surface area contributed by atoms with Crippen molar-refractivity contribution >= 4 is 29.1 Å². The third-order valence-electron chi connectivity index (χ3n) is 3.24. The van der Waals surface area contributed by atoms with E-state index in [1.54, 1.807) is 49.5 Å². The van der Waals surface area contributed by atoms with E-state index in [-0.39, 0.29) is 11.8 Å². The van der Waals surface area contributed by atoms with Crippen LogP contribution in [0.5, 0.6) is 17.4 Å². The fraction of sp³-hybridized carbons (Fsp3) is 0.176. The number of ether oxygens (including phenoxy) is 2. The van der Waals surface area contributed by atoms with E-state index < -0.39 is 6.10 Å². The zero-order valence-corrected chi connectivity index (χ0v) is 14.7. The summed E-state index contributed by atoms with van der Waals surface area (Å²) in [6.45, 7) is 2.03. The van der Waals surface area contributed by atoms with E-state index in [1.807, 2.05) is 0 Å². The first-order chi connectivity index (χ1) is 12.0. The van der Waals surface area contributed by atoms with Crippen LogP contribution in [0.3, 0.4) is 0 Å². The van der Waals surface area contributed by atoms with Crippen molar-refractivity contribution in [2.24, 2.45) is 0 Å². The summed E-state index contributed by atoms with van der Waals surface area (Å²) in [5, 5.41) is 1.90. The molecule has 1 aromatic carbocycles. The summed E-state index contributed by atoms with van der Waals surface area (Å²) < 4.78 is 11.2. The maximum atomic E-state index is 12.1. The van der Waals surface area contributed by atoms with Gasteiger partial charge in [-0.2, -0.15) is 5.06 Å². The standard InChI is InChI=1S/C17H14Cl2N2O4/c1-11(17(22)21-7-2-8-23-21)24-13-3-5-14(6-4-13)25-16-15(19)9-12(18)10-20-16/h2-7,9-11H,8H2,1H3. The molecule has 8 heteroatoms. The molecule has 1 atom stereocenters. The molecule has 2 heterocycles. The van der Waals surface area contributed by atoms with Crippen molar-refractivity contribution in [3.05, 3.63) is 58.8 Å². The van der Waals surface area contributed by atoms with Gasteiger partial charge >= 0.3 is 0 Å². The zero-order chi connectivity index (χ0) is 17.8. The van der Waals surface area contributed by atoms with E-state index in [9.17, 15) is 4.79 Å². The molecule has 1 unspecified atom stereocenters. The van der Waals surface area contributed by atoms with Crippen molar-refractivity contribution in [2.45, 2.75) is 13.0 Å². The summed E-state index contributed by atoms with van der Waals surface area (Å²) >= 11 is 11.8. The van der Waals surface area contributed by atoms with Crippen LogP contribution >= 0.6 is 23.2 Å². The first kappa shape index (κ1) is 17.5. The highest BCUT2D eigenvalue weighted by atomic mass is 35.5. The largest absolute Gasteiger partial charge is 0.481 e. The van der Waals surface area contributed by atoms with E-state index in [0.29, 0.717) is 28.2 Å². The molecule has 25 heavy (non-hydrogen) atoms. The predicted molar refractivity (Wildman–Crippen MR) is 92.8 cm³/mol. The highest BCUT2D eigenvalue weighted by molar-refractivity contribution is 6.35. The normalized spacial score (nSPS) is 14.4. The van der Waals surface area contributed by atoms with E-state index in [1.165, 1.54) is 6.20 Å². The summed E-state index contributed by atoms with van der Waals surface area (Å²) in [6, 6.07) is 8.29. The van der Waals surface area contributed by atoms with Crippen LogP contribution in [0.25, 0.3) is 0 Å². The van der Waals surface area contributed by atoms with Crippen LogP contribution < -0.4 is 9.47 Å². The highest BCUT2D eigenvalue weighted by Gasteiger charge is 2.23. The van der Waals surface area contributed by atoms with Gasteiger partial charge in [0.1, 0.15) is 16.5 Å². The fourth-order valence-electron chi connectivity index (χ4n) is 2.05. The lowest BCUT2D eigenvalue weighted by Crippen LogP contribution is -2.35. The number of rotatable bonds is 5. The Morgan fingerprint density at radius 3 is 2.64 bits per heavy atom. The molecule has 6 nitrogen and oxygen atoms in total. The summed E-state index contributed by atoms with van der Waals surface area (Å²) in [6.07, 6.45) is 4.07. The summed E-state index contributed by atoms with van der Waals surface area (Å²) in [5.41, 5.74) is 0. The number of carbonyl (C=O) groups is 1. The van der Waals surface area contributed by atoms with Gasteiger partial charge in [0.15, 0.2) is 6.10 Å². The number of amides is 1. The Bertz CT molecular complexity index is 796. The van der Waals surface area contributed by atoms with Gasteiger partial charge < -0.3 is 9.47 Å². The first-order valence-corrected chi connectivity index (χ1v) is 8.17. The molecule has 2 aromatic rings. The molecule has 0 fully saturated rings. The topological polar surface area (TPSA) is 60.9 Å². The average molecular weight is 381 g/mol. The summed E-state index contributed by atoms with van der Waals surface area (Å²) in [4.78, 5) is 21.2. The minimum absolute atomic E-state index is 0.251. The van der Waals surface area contributed by atoms with Crippen LogP contribution in [0.15, 0.2) is 48.8 Å². The maximum Gasteiger partial charge on any atom is 0.291 e. The second-order valence-corrected chi connectivity index (χ2v) is 5.96. The van der Waals surface area contributed by atoms with Crippen molar-refractivity contribution in [1.29, 1.82) is 0 Å². The van der Waals surface area contributed by atoms with Crippen LogP contribution in [0.4, 0.5) is 0 Å². The number of benzene rings is 1. The van der Waals surface area contributed by atoms with Crippen LogP contribution in [-0.4, -0.2) is 28.7 Å². The molecule has 0 bridgehead atoms. The molecule has 0 saturated heterocycles. The molecule has 0 N–H and O–H groups in total. The third kappa shape index (κ3) is 4.42. The van der Waals surface area contributed by atoms with Crippen molar-refractivity contribution in [3.8, 4) is 17.4 Å². The lowest BCUT2D eigenvalue weighted by molar-refractivity contribution is -0.169. The van der Waals surface area contributed by atoms with Gasteiger partial charge in [-0.1, -0.05) is 23.2 Å². The minimum atomic E-state index is -0.693. The molecular weight excluding hydrogens is 367 g/mol. The average Bonchev–Trinajstić information content (AvgIpc) is 3.13. The van der Waals surface area contributed by atoms with Gasteiger partial charge in [0, 0.05) is 12.4 Å². The van der Waals surface area contributed by atoms with E-state index >= 15 is 0 Å². The number of hydrogen-bond acceptors (Lipinski definition) is 5. The van der Waals surface area contributed by atoms with Gasteiger partial charge in [0.2, 0.25) is 5.88 Å². The van der Waals surface area contributed by atoms with Crippen LogP contribution in [0.1, 0.15) is 6.92 Å². The summed E-state index contributed by atoms with van der Waals surface area (Å²) in [7, 11) is 0. The lowest BCUT2D eigenvalue weighted by Gasteiger charge is -2.19. The van der Waals surface area contributed by atoms with E-state index in [2.05, 4.69) is 4.98 Å². The summed E-state index contributed by atoms with van der Waals surface area (Å²) in [5.74, 6) is 1.01. The SMILES string of the molecule is CC(Oc1ccc(Oc2ncc(Cl)cc2Cl)cc1)C(=O)N1C=CCO1. The number of carbonyl (C=O) groups excluding carboxylic acids is 1. The molecule has 0 radical (unpaired) electrons. The predicted octanol–water partition coefficient (Wildman–Crippen LogP) is 4.24. The van der Waals surface area contributed by atoms with Crippen molar-refractivity contribution in [3.63, 3.8) is 0 Å². The Kier molecular flexibility index (Phi) is 5.43. The number of hydrogen-bond donors (Lipinski definition) is 0. The number of nitrogens with zero attached hydrogens (tertiary/aromatic N) is 2. The van der Waals surface area contributed by atoms with Gasteiger partial charge in [0.25, 0.3) is 5.91 Å². The van der Waals surface area contributed by atoms with Gasteiger partial charge in [0.05, 0.1) is 11.6 Å².